The smallest absolute Gasteiger partial charge is 0.268 e. The number of para-hydroxylation sites is 1. The molecule has 0 atom stereocenters. The third-order valence-corrected chi connectivity index (χ3v) is 9.46. The van der Waals surface area contributed by atoms with E-state index in [4.69, 9.17) is 0 Å². The first kappa shape index (κ1) is 28.4. The number of aromatic nitrogens is 4. The van der Waals surface area contributed by atoms with Crippen molar-refractivity contribution in [2.24, 2.45) is 0 Å². The molecule has 0 bridgehead atoms. The highest BCUT2D eigenvalue weighted by atomic mass is 32.2. The fourth-order valence-electron chi connectivity index (χ4n) is 4.77. The zero-order valence-electron chi connectivity index (χ0n) is 22.8. The van der Waals surface area contributed by atoms with Crippen molar-refractivity contribution in [3.63, 3.8) is 0 Å². The van der Waals surface area contributed by atoms with Crippen LogP contribution in [0.4, 0.5) is 4.39 Å². The molecule has 0 spiro atoms. The Balaban J connectivity index is 1.35. The van der Waals surface area contributed by atoms with Gasteiger partial charge in [-0.1, -0.05) is 78.5 Å². The van der Waals surface area contributed by atoms with Gasteiger partial charge in [-0.25, -0.2) is 16.8 Å². The number of nitrogens with zero attached hydrogens (tertiary/aromatic N) is 4. The van der Waals surface area contributed by atoms with Gasteiger partial charge in [0.1, 0.15) is 5.82 Å². The van der Waals surface area contributed by atoms with E-state index in [1.165, 1.54) is 34.1 Å². The maximum atomic E-state index is 13.9. The van der Waals surface area contributed by atoms with E-state index in [0.29, 0.717) is 46.1 Å². The van der Waals surface area contributed by atoms with Gasteiger partial charge in [0.05, 0.1) is 16.2 Å². The molecule has 2 aromatic heterocycles. The molecule has 216 valence electrons. The molecular formula is C32H26FN5O3S2. The minimum atomic E-state index is -3.93. The van der Waals surface area contributed by atoms with E-state index >= 15 is 0 Å². The highest BCUT2D eigenvalue weighted by Gasteiger charge is 2.25. The number of carbonyl (C=O) groups excluding carboxylic acids is 1. The molecule has 11 heteroatoms. The summed E-state index contributed by atoms with van der Waals surface area (Å²) in [4.78, 5) is 12.8. The minimum absolute atomic E-state index is 0.0816. The van der Waals surface area contributed by atoms with Gasteiger partial charge in [0.25, 0.3) is 10.0 Å². The topological polar surface area (TPSA) is 98.9 Å². The quantitative estimate of drug-likeness (QED) is 0.199. The van der Waals surface area contributed by atoms with Crippen molar-refractivity contribution in [2.45, 2.75) is 16.5 Å². The fourth-order valence-corrected chi connectivity index (χ4v) is 6.94. The molecule has 0 aliphatic carbocycles. The molecule has 6 aromatic rings. The van der Waals surface area contributed by atoms with Crippen LogP contribution in [0, 0.1) is 5.82 Å². The van der Waals surface area contributed by atoms with Crippen LogP contribution in [0.2, 0.25) is 0 Å². The lowest BCUT2D eigenvalue weighted by molar-refractivity contribution is -0.118. The first-order chi connectivity index (χ1) is 20.9. The maximum absolute atomic E-state index is 13.9. The van der Waals surface area contributed by atoms with Crippen molar-refractivity contribution in [1.82, 2.24) is 24.1 Å². The minimum Gasteiger partial charge on any atom is -0.355 e. The number of halogens is 1. The average molecular weight is 612 g/mol. The van der Waals surface area contributed by atoms with Gasteiger partial charge >= 0.3 is 0 Å². The Hall–Kier alpha value is -4.74. The Kier molecular flexibility index (Phi) is 8.08. The summed E-state index contributed by atoms with van der Waals surface area (Å²) in [6.45, 7) is 0.495. The van der Waals surface area contributed by atoms with E-state index in [0.717, 1.165) is 5.56 Å². The fraction of sp³-hybridized carbons (Fsp3) is 0.0938. The van der Waals surface area contributed by atoms with E-state index in [9.17, 15) is 17.6 Å². The standard InChI is InChI=1S/C32H26FN5O3S2/c33-24-15-17-25(18-16-24)38-31(35-36-32(38)42-22-30(39)34-20-19-23-9-3-1-4-10-23)28-21-37(29-14-8-7-13-27(28)29)43(40,41)26-11-5-2-6-12-26/h1-18,21H,19-20,22H2,(H,34,39). The highest BCUT2D eigenvalue weighted by molar-refractivity contribution is 7.99. The van der Waals surface area contributed by atoms with Crippen LogP contribution in [0.3, 0.4) is 0 Å². The zero-order valence-corrected chi connectivity index (χ0v) is 24.4. The Morgan fingerprint density at radius 1 is 0.837 bits per heavy atom. The van der Waals surface area contributed by atoms with Gasteiger partial charge in [0, 0.05) is 29.4 Å². The third-order valence-electron chi connectivity index (χ3n) is 6.85. The second-order valence-electron chi connectivity index (χ2n) is 9.67. The van der Waals surface area contributed by atoms with Gasteiger partial charge in [-0.05, 0) is 54.4 Å². The summed E-state index contributed by atoms with van der Waals surface area (Å²) >= 11 is 1.19. The summed E-state index contributed by atoms with van der Waals surface area (Å²) in [6.07, 6.45) is 2.24. The van der Waals surface area contributed by atoms with Crippen LogP contribution in [-0.4, -0.2) is 45.4 Å². The highest BCUT2D eigenvalue weighted by Crippen LogP contribution is 2.35. The molecule has 0 saturated heterocycles. The monoisotopic (exact) mass is 611 g/mol. The van der Waals surface area contributed by atoms with Crippen LogP contribution < -0.4 is 5.32 Å². The second kappa shape index (κ2) is 12.2. The number of benzene rings is 4. The van der Waals surface area contributed by atoms with Crippen molar-refractivity contribution >= 4 is 38.6 Å². The number of rotatable bonds is 10. The number of nitrogens with one attached hydrogen (secondary N) is 1. The van der Waals surface area contributed by atoms with Crippen LogP contribution in [0.5, 0.6) is 0 Å². The lowest BCUT2D eigenvalue weighted by Gasteiger charge is -2.10. The first-order valence-electron chi connectivity index (χ1n) is 13.5. The Bertz CT molecular complexity index is 1990. The molecule has 1 N–H and O–H groups in total. The van der Waals surface area contributed by atoms with E-state index in [2.05, 4.69) is 15.5 Å². The van der Waals surface area contributed by atoms with Gasteiger partial charge in [0.15, 0.2) is 11.0 Å². The van der Waals surface area contributed by atoms with E-state index in [1.807, 2.05) is 42.5 Å². The summed E-state index contributed by atoms with van der Waals surface area (Å²) in [5.74, 6) is -0.132. The maximum Gasteiger partial charge on any atom is 0.268 e. The number of fused-ring (bicyclic) bond motifs is 1. The molecule has 8 nitrogen and oxygen atoms in total. The predicted molar refractivity (Wildman–Crippen MR) is 165 cm³/mol. The second-order valence-corrected chi connectivity index (χ2v) is 12.4. The molecule has 4 aromatic carbocycles. The molecule has 2 heterocycles. The van der Waals surface area contributed by atoms with E-state index in [1.54, 1.807) is 59.2 Å². The number of hydrogen-bond donors (Lipinski definition) is 1. The van der Waals surface area contributed by atoms with Crippen LogP contribution in [0.25, 0.3) is 28.0 Å². The van der Waals surface area contributed by atoms with Gasteiger partial charge < -0.3 is 5.32 Å². The van der Waals surface area contributed by atoms with Crippen molar-refractivity contribution in [3.8, 4) is 17.1 Å². The van der Waals surface area contributed by atoms with E-state index in [-0.39, 0.29) is 16.6 Å². The molecule has 43 heavy (non-hydrogen) atoms. The molecule has 6 rings (SSSR count). The Labute approximate surface area is 252 Å². The lowest BCUT2D eigenvalue weighted by Crippen LogP contribution is -2.27. The average Bonchev–Trinajstić information content (AvgIpc) is 3.63. The molecule has 0 fully saturated rings. The van der Waals surface area contributed by atoms with Crippen LogP contribution in [-0.2, 0) is 21.2 Å². The third kappa shape index (κ3) is 5.95. The number of hydrogen-bond acceptors (Lipinski definition) is 6. The Morgan fingerprint density at radius 3 is 2.26 bits per heavy atom. The van der Waals surface area contributed by atoms with Crippen LogP contribution in [0.15, 0.2) is 125 Å². The number of thioether (sulfide) groups is 1. The van der Waals surface area contributed by atoms with Crippen molar-refractivity contribution in [3.05, 3.63) is 127 Å². The normalized spacial score (nSPS) is 11.6. The molecule has 0 aliphatic heterocycles. The summed E-state index contributed by atoms with van der Waals surface area (Å²) < 4.78 is 44.2. The van der Waals surface area contributed by atoms with Crippen molar-refractivity contribution in [1.29, 1.82) is 0 Å². The molecule has 0 radical (unpaired) electrons. The van der Waals surface area contributed by atoms with Gasteiger partial charge in [-0.2, -0.15) is 0 Å². The first-order valence-corrected chi connectivity index (χ1v) is 15.9. The Morgan fingerprint density at radius 2 is 1.51 bits per heavy atom. The molecular weight excluding hydrogens is 586 g/mol. The molecule has 1 amide bonds. The SMILES string of the molecule is O=C(CSc1nnc(-c2cn(S(=O)(=O)c3ccccc3)c3ccccc23)n1-c1ccc(F)cc1)NCCc1ccccc1. The summed E-state index contributed by atoms with van der Waals surface area (Å²) in [6, 6.07) is 31.0. The zero-order chi connectivity index (χ0) is 29.8. The predicted octanol–water partition coefficient (Wildman–Crippen LogP) is 5.72. The largest absolute Gasteiger partial charge is 0.355 e. The summed E-state index contributed by atoms with van der Waals surface area (Å²) in [7, 11) is -3.93. The van der Waals surface area contributed by atoms with Gasteiger partial charge in [-0.15, -0.1) is 10.2 Å². The van der Waals surface area contributed by atoms with Gasteiger partial charge in [0.2, 0.25) is 5.91 Å². The molecule has 0 unspecified atom stereocenters. The van der Waals surface area contributed by atoms with Crippen molar-refractivity contribution < 1.29 is 17.6 Å². The van der Waals surface area contributed by atoms with Crippen molar-refractivity contribution in [2.75, 3.05) is 12.3 Å². The molecule has 0 aliphatic rings. The van der Waals surface area contributed by atoms with E-state index < -0.39 is 15.8 Å². The van der Waals surface area contributed by atoms with Crippen LogP contribution >= 0.6 is 11.8 Å². The summed E-state index contributed by atoms with van der Waals surface area (Å²) in [5.41, 5.74) is 2.69. The van der Waals surface area contributed by atoms with Gasteiger partial charge in [-0.3, -0.25) is 9.36 Å². The lowest BCUT2D eigenvalue weighted by atomic mass is 10.1. The summed E-state index contributed by atoms with van der Waals surface area (Å²) in [5, 5.41) is 12.8. The van der Waals surface area contributed by atoms with Crippen LogP contribution in [0.1, 0.15) is 5.56 Å². The molecule has 0 saturated carbocycles. The number of carbonyl (C=O) groups is 1. The number of amides is 1.